The van der Waals surface area contributed by atoms with E-state index in [2.05, 4.69) is 10.1 Å². The van der Waals surface area contributed by atoms with Gasteiger partial charge in [-0.25, -0.2) is 4.79 Å². The number of carboxylic acids is 1. The van der Waals surface area contributed by atoms with E-state index in [0.717, 1.165) is 0 Å². The lowest BCUT2D eigenvalue weighted by molar-refractivity contribution is -0.141. The van der Waals surface area contributed by atoms with Crippen LogP contribution in [0.4, 0.5) is 4.79 Å². The fourth-order valence-electron chi connectivity index (χ4n) is 1.03. The lowest BCUT2D eigenvalue weighted by Gasteiger charge is -2.16. The zero-order valence-electron chi connectivity index (χ0n) is 10.1. The molecule has 0 spiro atoms. The fourth-order valence-corrected chi connectivity index (χ4v) is 1.03. The molecule has 2 N–H and O–H groups in total. The molecule has 0 atom stereocenters. The maximum atomic E-state index is 11.4. The predicted molar refractivity (Wildman–Crippen MR) is 59.5 cm³/mol. The molecule has 0 aromatic carbocycles. The van der Waals surface area contributed by atoms with Gasteiger partial charge in [-0.05, 0) is 6.42 Å². The van der Waals surface area contributed by atoms with E-state index in [1.54, 1.807) is 7.05 Å². The molecule has 0 rings (SSSR count). The SMILES string of the molecule is COC(=O)CCN(C)C(=O)NCCCC(=O)O. The van der Waals surface area contributed by atoms with Crippen LogP contribution < -0.4 is 5.32 Å². The highest BCUT2D eigenvalue weighted by molar-refractivity contribution is 5.75. The van der Waals surface area contributed by atoms with Crippen LogP contribution in [0.15, 0.2) is 0 Å². The molecule has 0 fully saturated rings. The number of amides is 2. The molecule has 0 heterocycles. The number of nitrogens with one attached hydrogen (secondary N) is 1. The molecule has 0 aromatic heterocycles. The molecule has 0 aromatic rings. The Hall–Kier alpha value is -1.79. The van der Waals surface area contributed by atoms with E-state index in [0.29, 0.717) is 13.0 Å². The zero-order chi connectivity index (χ0) is 13.3. The maximum Gasteiger partial charge on any atom is 0.317 e. The van der Waals surface area contributed by atoms with Gasteiger partial charge in [-0.15, -0.1) is 0 Å². The number of nitrogens with zero attached hydrogens (tertiary/aromatic N) is 1. The van der Waals surface area contributed by atoms with Crippen LogP contribution in [-0.4, -0.2) is 55.2 Å². The van der Waals surface area contributed by atoms with E-state index in [4.69, 9.17) is 5.11 Å². The van der Waals surface area contributed by atoms with Crippen molar-refractivity contribution in [2.24, 2.45) is 0 Å². The predicted octanol–water partition coefficient (Wildman–Crippen LogP) is 0.0557. The highest BCUT2D eigenvalue weighted by Crippen LogP contribution is 1.92. The molecule has 0 unspecified atom stereocenters. The van der Waals surface area contributed by atoms with E-state index in [1.165, 1.54) is 12.0 Å². The van der Waals surface area contributed by atoms with E-state index in [-0.39, 0.29) is 31.4 Å². The van der Waals surface area contributed by atoms with Crippen LogP contribution in [0.3, 0.4) is 0 Å². The lowest BCUT2D eigenvalue weighted by atomic mass is 10.3. The van der Waals surface area contributed by atoms with Gasteiger partial charge in [0.25, 0.3) is 0 Å². The molecule has 2 amide bonds. The molecule has 0 saturated carbocycles. The van der Waals surface area contributed by atoms with Crippen molar-refractivity contribution in [1.82, 2.24) is 10.2 Å². The van der Waals surface area contributed by atoms with Gasteiger partial charge in [-0.2, -0.15) is 0 Å². The number of methoxy groups -OCH3 is 1. The Kier molecular flexibility index (Phi) is 7.49. The van der Waals surface area contributed by atoms with Crippen molar-refractivity contribution in [3.63, 3.8) is 0 Å². The minimum atomic E-state index is -0.890. The van der Waals surface area contributed by atoms with Crippen LogP contribution in [-0.2, 0) is 14.3 Å². The van der Waals surface area contributed by atoms with Gasteiger partial charge in [-0.3, -0.25) is 9.59 Å². The smallest absolute Gasteiger partial charge is 0.317 e. The second kappa shape index (κ2) is 8.37. The first-order valence-electron chi connectivity index (χ1n) is 5.25. The molecule has 17 heavy (non-hydrogen) atoms. The lowest BCUT2D eigenvalue weighted by Crippen LogP contribution is -2.38. The van der Waals surface area contributed by atoms with Crippen LogP contribution >= 0.6 is 0 Å². The van der Waals surface area contributed by atoms with Gasteiger partial charge in [0.05, 0.1) is 13.5 Å². The van der Waals surface area contributed by atoms with Gasteiger partial charge in [0.2, 0.25) is 0 Å². The largest absolute Gasteiger partial charge is 0.481 e. The summed E-state index contributed by atoms with van der Waals surface area (Å²) >= 11 is 0. The quantitative estimate of drug-likeness (QED) is 0.489. The highest BCUT2D eigenvalue weighted by Gasteiger charge is 2.10. The molecular formula is C10H18N2O5. The number of hydrogen-bond donors (Lipinski definition) is 2. The third-order valence-electron chi connectivity index (χ3n) is 2.07. The second-order valence-electron chi connectivity index (χ2n) is 3.48. The van der Waals surface area contributed by atoms with Crippen LogP contribution in [0.25, 0.3) is 0 Å². The molecule has 0 aliphatic rings. The first-order valence-corrected chi connectivity index (χ1v) is 5.25. The topological polar surface area (TPSA) is 95.9 Å². The Morgan fingerprint density at radius 1 is 1.29 bits per heavy atom. The number of carbonyl (C=O) groups is 3. The van der Waals surface area contributed by atoms with Crippen LogP contribution in [0.2, 0.25) is 0 Å². The Balaban J connectivity index is 3.67. The summed E-state index contributed by atoms with van der Waals surface area (Å²) in [5, 5.41) is 10.9. The summed E-state index contributed by atoms with van der Waals surface area (Å²) in [6, 6.07) is -0.334. The van der Waals surface area contributed by atoms with Crippen molar-refractivity contribution in [2.75, 3.05) is 27.2 Å². The van der Waals surface area contributed by atoms with Crippen LogP contribution in [0.5, 0.6) is 0 Å². The summed E-state index contributed by atoms with van der Waals surface area (Å²) in [6.45, 7) is 0.561. The maximum absolute atomic E-state index is 11.4. The first kappa shape index (κ1) is 15.2. The summed E-state index contributed by atoms with van der Waals surface area (Å²) in [4.78, 5) is 33.8. The molecular weight excluding hydrogens is 228 g/mol. The third-order valence-corrected chi connectivity index (χ3v) is 2.07. The minimum absolute atomic E-state index is 0.0200. The second-order valence-corrected chi connectivity index (χ2v) is 3.48. The van der Waals surface area contributed by atoms with Crippen molar-refractivity contribution in [3.8, 4) is 0 Å². The molecule has 0 aliphatic heterocycles. The summed E-state index contributed by atoms with van der Waals surface area (Å²) in [6.07, 6.45) is 0.535. The van der Waals surface area contributed by atoms with Crippen molar-refractivity contribution < 1.29 is 24.2 Å². The number of ether oxygens (including phenoxy) is 1. The number of aliphatic carboxylic acids is 1. The standard InChI is InChI=1S/C10H18N2O5/c1-12(7-5-9(15)17-2)10(16)11-6-3-4-8(13)14/h3-7H2,1-2H3,(H,11,16)(H,13,14). The van der Waals surface area contributed by atoms with Crippen molar-refractivity contribution in [3.05, 3.63) is 0 Å². The van der Waals surface area contributed by atoms with Crippen LogP contribution in [0.1, 0.15) is 19.3 Å². The summed E-state index contributed by atoms with van der Waals surface area (Å²) < 4.78 is 4.44. The number of urea groups is 1. The summed E-state index contributed by atoms with van der Waals surface area (Å²) in [5.41, 5.74) is 0. The van der Waals surface area contributed by atoms with Crippen molar-refractivity contribution in [2.45, 2.75) is 19.3 Å². The van der Waals surface area contributed by atoms with Gasteiger partial charge in [0.1, 0.15) is 0 Å². The van der Waals surface area contributed by atoms with Crippen molar-refractivity contribution in [1.29, 1.82) is 0 Å². The number of carbonyl (C=O) groups excluding carboxylic acids is 2. The minimum Gasteiger partial charge on any atom is -0.481 e. The number of hydrogen-bond acceptors (Lipinski definition) is 4. The third kappa shape index (κ3) is 8.06. The Bertz CT molecular complexity index is 280. The Morgan fingerprint density at radius 2 is 1.94 bits per heavy atom. The number of carboxylic acid groups (broad SMARTS) is 1. The normalized spacial score (nSPS) is 9.53. The zero-order valence-corrected chi connectivity index (χ0v) is 10.1. The molecule has 0 bridgehead atoms. The number of rotatable bonds is 7. The summed E-state index contributed by atoms with van der Waals surface area (Å²) in [7, 11) is 2.84. The summed E-state index contributed by atoms with van der Waals surface area (Å²) in [5.74, 6) is -1.27. The number of esters is 1. The van der Waals surface area contributed by atoms with Gasteiger partial charge in [0, 0.05) is 26.6 Å². The fraction of sp³-hybridized carbons (Fsp3) is 0.700. The molecule has 7 heteroatoms. The average Bonchev–Trinajstić information content (AvgIpc) is 2.30. The van der Waals surface area contributed by atoms with Gasteiger partial charge in [-0.1, -0.05) is 0 Å². The monoisotopic (exact) mass is 246 g/mol. The van der Waals surface area contributed by atoms with E-state index in [1.807, 2.05) is 0 Å². The molecule has 0 aliphatic carbocycles. The molecule has 98 valence electrons. The van der Waals surface area contributed by atoms with Gasteiger partial charge >= 0.3 is 18.0 Å². The van der Waals surface area contributed by atoms with Crippen molar-refractivity contribution >= 4 is 18.0 Å². The Labute approximate surface area is 99.7 Å². The van der Waals surface area contributed by atoms with E-state index >= 15 is 0 Å². The molecule has 7 nitrogen and oxygen atoms in total. The van der Waals surface area contributed by atoms with Crippen LogP contribution in [0, 0.1) is 0 Å². The van der Waals surface area contributed by atoms with E-state index < -0.39 is 5.97 Å². The van der Waals surface area contributed by atoms with E-state index in [9.17, 15) is 14.4 Å². The van der Waals surface area contributed by atoms with Gasteiger partial charge in [0.15, 0.2) is 0 Å². The molecule has 0 saturated heterocycles. The first-order chi connectivity index (χ1) is 7.97. The Morgan fingerprint density at radius 3 is 2.47 bits per heavy atom. The average molecular weight is 246 g/mol. The molecule has 0 radical (unpaired) electrons. The highest BCUT2D eigenvalue weighted by atomic mass is 16.5. The van der Waals surface area contributed by atoms with Gasteiger partial charge < -0.3 is 20.1 Å².